The third-order valence-corrected chi connectivity index (χ3v) is 8.27. The van der Waals surface area contributed by atoms with Crippen molar-refractivity contribution < 1.29 is 38.1 Å². The van der Waals surface area contributed by atoms with E-state index in [1.165, 1.54) is 0 Å². The van der Waals surface area contributed by atoms with Crippen molar-refractivity contribution in [3.8, 4) is 45.3 Å². The Hall–Kier alpha value is -6.44. The van der Waals surface area contributed by atoms with Crippen LogP contribution in [0.1, 0.15) is 19.2 Å². The molecule has 0 atom stereocenters. The standard InChI is InChI=1S/C24H21NO2.C16H11Br.C8H11NO2/c1-26-23-14-22(15-24(16-23)27-2)25-21-9-5-8-19(13-21)20-11-10-17-6-3-4-7-18(17)12-20;17-16-7-3-6-14(11-16)15-9-8-12-4-1-2-5-13(12)10-15;1-10-7-3-6(9)4-8(5-7)11-2/h3-16,25H,1-2H3;1-11H;3-5H,9H2,1-2H3/i3D,4D,6D,7D,10D,11D,12D;1D,2D,4D,5D,8D,9D,10D;. The number of anilines is 3. The van der Waals surface area contributed by atoms with Crippen molar-refractivity contribution in [1.82, 2.24) is 0 Å². The number of ether oxygens (including phenoxy) is 4. The van der Waals surface area contributed by atoms with Gasteiger partial charge >= 0.3 is 0 Å². The average molecular weight is 806 g/mol. The fraction of sp³-hybridized carbons (Fsp3) is 0.0833. The second-order valence-electron chi connectivity index (χ2n) is 11.5. The van der Waals surface area contributed by atoms with Crippen molar-refractivity contribution in [2.45, 2.75) is 0 Å². The van der Waals surface area contributed by atoms with Crippen molar-refractivity contribution in [2.24, 2.45) is 0 Å². The summed E-state index contributed by atoms with van der Waals surface area (Å²) in [4.78, 5) is 0. The number of hydrogen-bond acceptors (Lipinski definition) is 6. The summed E-state index contributed by atoms with van der Waals surface area (Å²) in [6.07, 6.45) is 0. The molecule has 0 aromatic heterocycles. The summed E-state index contributed by atoms with van der Waals surface area (Å²) >= 11 is 3.33. The van der Waals surface area contributed by atoms with E-state index in [9.17, 15) is 0 Å². The van der Waals surface area contributed by atoms with E-state index in [4.69, 9.17) is 43.9 Å². The molecule has 8 rings (SSSR count). The topological polar surface area (TPSA) is 75.0 Å². The first-order chi connectivity index (χ1) is 32.7. The maximum absolute atomic E-state index is 8.71. The summed E-state index contributed by atoms with van der Waals surface area (Å²) in [5.74, 6) is 2.62. The van der Waals surface area contributed by atoms with Gasteiger partial charge < -0.3 is 30.0 Å². The molecule has 0 amide bonds. The van der Waals surface area contributed by atoms with E-state index in [0.29, 0.717) is 51.2 Å². The van der Waals surface area contributed by atoms with E-state index in [1.54, 1.807) is 113 Å². The number of rotatable bonds is 8. The van der Waals surface area contributed by atoms with E-state index >= 15 is 0 Å². The van der Waals surface area contributed by atoms with Crippen molar-refractivity contribution in [3.05, 3.63) is 174 Å². The molecule has 3 N–H and O–H groups in total. The minimum atomic E-state index is -0.488. The van der Waals surface area contributed by atoms with Crippen LogP contribution in [0.2, 0.25) is 0 Å². The Labute approximate surface area is 350 Å². The third kappa shape index (κ3) is 10.4. The van der Waals surface area contributed by atoms with E-state index in [2.05, 4.69) is 21.2 Å². The number of nitrogens with one attached hydrogen (secondary N) is 1. The molecule has 0 heterocycles. The van der Waals surface area contributed by atoms with Gasteiger partial charge in [0.2, 0.25) is 0 Å². The lowest BCUT2D eigenvalue weighted by Gasteiger charge is -2.12. The molecule has 8 aromatic carbocycles. The Morgan fingerprint density at radius 3 is 1.42 bits per heavy atom. The molecule has 0 saturated carbocycles. The van der Waals surface area contributed by atoms with Crippen molar-refractivity contribution in [2.75, 3.05) is 39.5 Å². The molecule has 8 aromatic rings. The monoisotopic (exact) mass is 804 g/mol. The van der Waals surface area contributed by atoms with Gasteiger partial charge in [-0.1, -0.05) is 113 Å². The summed E-state index contributed by atoms with van der Waals surface area (Å²) in [6.45, 7) is 0. The first kappa shape index (κ1) is 24.1. The minimum absolute atomic E-state index is 0.0306. The van der Waals surface area contributed by atoms with Gasteiger partial charge in [-0.15, -0.1) is 0 Å². The molecule has 276 valence electrons. The van der Waals surface area contributed by atoms with Crippen LogP contribution in [0.25, 0.3) is 43.8 Å². The smallest absolute Gasteiger partial charge is 0.124 e. The normalized spacial score (nSPS) is 13.9. The van der Waals surface area contributed by atoms with Crippen LogP contribution in [-0.2, 0) is 0 Å². The van der Waals surface area contributed by atoms with E-state index in [1.807, 2.05) is 0 Å². The van der Waals surface area contributed by atoms with Crippen LogP contribution >= 0.6 is 15.9 Å². The van der Waals surface area contributed by atoms with Gasteiger partial charge in [0.1, 0.15) is 23.0 Å². The largest absolute Gasteiger partial charge is 0.497 e. The predicted molar refractivity (Wildman–Crippen MR) is 233 cm³/mol. The zero-order valence-electron chi connectivity index (χ0n) is 44.2. The second kappa shape index (κ2) is 18.5. The summed E-state index contributed by atoms with van der Waals surface area (Å²) in [7, 11) is 6.29. The molecule has 0 spiro atoms. The zero-order chi connectivity index (χ0) is 50.8. The van der Waals surface area contributed by atoms with Crippen LogP contribution in [0, 0.1) is 0 Å². The maximum atomic E-state index is 8.71. The number of nitrogen functional groups attached to an aromatic ring is 1. The minimum Gasteiger partial charge on any atom is -0.497 e. The lowest BCUT2D eigenvalue weighted by molar-refractivity contribution is 0.394. The van der Waals surface area contributed by atoms with E-state index < -0.39 is 42.3 Å². The molecule has 7 heteroatoms. The van der Waals surface area contributed by atoms with Gasteiger partial charge in [-0.3, -0.25) is 0 Å². The molecule has 6 nitrogen and oxygen atoms in total. The number of benzene rings is 8. The molecular formula is C48H43BrN2O4. The second-order valence-corrected chi connectivity index (χ2v) is 12.4. The van der Waals surface area contributed by atoms with Crippen molar-refractivity contribution in [1.29, 1.82) is 0 Å². The van der Waals surface area contributed by atoms with Crippen molar-refractivity contribution >= 4 is 54.5 Å². The van der Waals surface area contributed by atoms with Gasteiger partial charge in [0.15, 0.2) is 0 Å². The van der Waals surface area contributed by atoms with Crippen molar-refractivity contribution in [3.63, 3.8) is 0 Å². The highest BCUT2D eigenvalue weighted by atomic mass is 79.9. The Morgan fingerprint density at radius 2 is 0.927 bits per heavy atom. The number of nitrogens with two attached hydrogens (primary N) is 1. The molecule has 0 bridgehead atoms. The van der Waals surface area contributed by atoms with Crippen LogP contribution < -0.4 is 30.0 Å². The zero-order valence-corrected chi connectivity index (χ0v) is 31.8. The molecule has 0 saturated heterocycles. The fourth-order valence-electron chi connectivity index (χ4n) is 5.12. The Bertz CT molecular complexity index is 3260. The maximum Gasteiger partial charge on any atom is 0.124 e. The van der Waals surface area contributed by atoms with Crippen LogP contribution in [0.3, 0.4) is 0 Å². The fourth-order valence-corrected chi connectivity index (χ4v) is 5.52. The highest BCUT2D eigenvalue weighted by Gasteiger charge is 2.05. The van der Waals surface area contributed by atoms with Gasteiger partial charge in [0, 0.05) is 57.9 Å². The highest BCUT2D eigenvalue weighted by molar-refractivity contribution is 9.10. The lowest BCUT2D eigenvalue weighted by atomic mass is 10.0. The first-order valence-corrected chi connectivity index (χ1v) is 17.3. The average Bonchev–Trinajstić information content (AvgIpc) is 3.33. The molecule has 0 aliphatic rings. The summed E-state index contributed by atoms with van der Waals surface area (Å²) < 4.78 is 136. The quantitative estimate of drug-likeness (QED) is 0.149. The molecule has 0 aliphatic carbocycles. The van der Waals surface area contributed by atoms with E-state index in [0.717, 1.165) is 4.47 Å². The van der Waals surface area contributed by atoms with Gasteiger partial charge in [0.05, 0.1) is 47.6 Å². The molecule has 55 heavy (non-hydrogen) atoms. The molecule has 0 aliphatic heterocycles. The summed E-state index contributed by atoms with van der Waals surface area (Å²) in [5, 5.41) is 2.93. The number of hydrogen-bond donors (Lipinski definition) is 2. The third-order valence-electron chi connectivity index (χ3n) is 7.78. The Balaban J connectivity index is 0.000000193. The molecule has 0 unspecified atom stereocenters. The van der Waals surface area contributed by atoms with Gasteiger partial charge in [-0.2, -0.15) is 0 Å². The lowest BCUT2D eigenvalue weighted by Crippen LogP contribution is -1.94. The number of methoxy groups -OCH3 is 4. The van der Waals surface area contributed by atoms with Gasteiger partial charge in [-0.25, -0.2) is 0 Å². The molecular weight excluding hydrogens is 748 g/mol. The van der Waals surface area contributed by atoms with Crippen LogP contribution in [0.15, 0.2) is 174 Å². The molecule has 0 fully saturated rings. The number of fused-ring (bicyclic) bond motifs is 2. The first-order valence-electron chi connectivity index (χ1n) is 23.5. The Kier molecular flexibility index (Phi) is 8.11. The van der Waals surface area contributed by atoms with Crippen LogP contribution in [-0.4, -0.2) is 28.4 Å². The van der Waals surface area contributed by atoms with E-state index in [-0.39, 0.29) is 75.0 Å². The Morgan fingerprint density at radius 1 is 0.473 bits per heavy atom. The van der Waals surface area contributed by atoms with Gasteiger partial charge in [0.25, 0.3) is 0 Å². The number of halogens is 1. The SMILES string of the molecule is COc1cc(N)cc(OC)c1.[2H]c1c([2H])c([2H])c2c([2H])c(-c3cccc(Br)c3)c([2H])c([2H])c2c1[2H].[2H]c1c([2H])c([2H])c2c([2H])c(-c3cccc(Nc4cc(OC)cc(OC)c4)c3)c([2H])c([2H])c2c1[2H]. The summed E-state index contributed by atoms with van der Waals surface area (Å²) in [5.41, 5.74) is 8.84. The molecule has 0 radical (unpaired) electrons. The predicted octanol–water partition coefficient (Wildman–Crippen LogP) is 12.8. The van der Waals surface area contributed by atoms with Crippen LogP contribution in [0.5, 0.6) is 23.0 Å². The highest BCUT2D eigenvalue weighted by Crippen LogP contribution is 2.31. The van der Waals surface area contributed by atoms with Crippen LogP contribution in [0.4, 0.5) is 17.1 Å². The van der Waals surface area contributed by atoms with Gasteiger partial charge in [-0.05, 0) is 80.1 Å². The summed E-state index contributed by atoms with van der Waals surface area (Å²) in [6, 6.07) is 19.5.